The summed E-state index contributed by atoms with van der Waals surface area (Å²) < 4.78 is 3.86. The lowest BCUT2D eigenvalue weighted by atomic mass is 10.2. The predicted molar refractivity (Wildman–Crippen MR) is 53.8 cm³/mol. The van der Waals surface area contributed by atoms with Crippen LogP contribution in [0.15, 0.2) is 24.3 Å². The summed E-state index contributed by atoms with van der Waals surface area (Å²) in [6.07, 6.45) is 0. The average molecular weight is 181 g/mol. The lowest BCUT2D eigenvalue weighted by Crippen LogP contribution is -1.86. The highest BCUT2D eigenvalue weighted by atomic mass is 16.5. The zero-order chi connectivity index (χ0) is 10.1. The van der Waals surface area contributed by atoms with Gasteiger partial charge in [0.05, 0.1) is 7.11 Å². The Balaban J connectivity index is 0.000000310. The largest absolute Gasteiger partial charge is 0.471 e. The van der Waals surface area contributed by atoms with Crippen LogP contribution in [0, 0.1) is 6.92 Å². The van der Waals surface area contributed by atoms with E-state index in [4.69, 9.17) is 4.79 Å². The second kappa shape index (κ2) is 7.16. The van der Waals surface area contributed by atoms with Crippen LogP contribution in [0.25, 0.3) is 0 Å². The number of carbonyl (C=O) groups is 1. The number of anilines is 1. The molecule has 1 rings (SSSR count). The molecular weight excluding hydrogens is 166 g/mol. The first-order valence-electron chi connectivity index (χ1n) is 3.95. The third-order valence-corrected chi connectivity index (χ3v) is 1.40. The van der Waals surface area contributed by atoms with Gasteiger partial charge in [-0.25, -0.2) is 0 Å². The van der Waals surface area contributed by atoms with Crippen LogP contribution in [0.5, 0.6) is 0 Å². The molecule has 1 aromatic rings. The van der Waals surface area contributed by atoms with E-state index in [9.17, 15) is 0 Å². The van der Waals surface area contributed by atoms with Crippen LogP contribution in [0.1, 0.15) is 5.56 Å². The molecule has 0 radical (unpaired) electrons. The molecule has 0 saturated carbocycles. The van der Waals surface area contributed by atoms with Gasteiger partial charge in [0.15, 0.2) is 0 Å². The topological polar surface area (TPSA) is 38.3 Å². The van der Waals surface area contributed by atoms with Gasteiger partial charge in [-0.05, 0) is 24.6 Å². The Morgan fingerprint density at radius 1 is 1.46 bits per heavy atom. The third-order valence-electron chi connectivity index (χ3n) is 1.40. The number of aryl methyl sites for hydroxylation is 1. The van der Waals surface area contributed by atoms with Crippen molar-refractivity contribution in [3.63, 3.8) is 0 Å². The van der Waals surface area contributed by atoms with Crippen molar-refractivity contribution in [2.75, 3.05) is 19.5 Å². The van der Waals surface area contributed by atoms with Crippen molar-refractivity contribution in [2.24, 2.45) is 0 Å². The minimum absolute atomic E-state index is 0.375. The molecule has 0 aromatic heterocycles. The highest BCUT2D eigenvalue weighted by Crippen LogP contribution is 2.07. The number of rotatable bonds is 2. The Labute approximate surface area is 78.7 Å². The number of nitrogens with one attached hydrogen (secondary N) is 1. The minimum Gasteiger partial charge on any atom is -0.471 e. The molecule has 3 heteroatoms. The van der Waals surface area contributed by atoms with Gasteiger partial charge < -0.3 is 10.1 Å². The Bertz CT molecular complexity index is 248. The minimum atomic E-state index is 0.375. The van der Waals surface area contributed by atoms with E-state index in [-0.39, 0.29) is 0 Å². The van der Waals surface area contributed by atoms with Crippen LogP contribution < -0.4 is 5.32 Å². The first-order valence-corrected chi connectivity index (χ1v) is 3.95. The summed E-state index contributed by atoms with van der Waals surface area (Å²) in [4.78, 5) is 8.95. The van der Waals surface area contributed by atoms with Gasteiger partial charge in [-0.3, -0.25) is 4.79 Å². The molecule has 0 unspecified atom stereocenters. The molecule has 0 spiro atoms. The molecule has 13 heavy (non-hydrogen) atoms. The maximum atomic E-state index is 8.95. The van der Waals surface area contributed by atoms with E-state index < -0.39 is 0 Å². The molecule has 0 saturated heterocycles. The molecule has 0 heterocycles. The van der Waals surface area contributed by atoms with Gasteiger partial charge in [-0.15, -0.1) is 0 Å². The van der Waals surface area contributed by atoms with Crippen LogP contribution in [-0.2, 0) is 9.53 Å². The van der Waals surface area contributed by atoms with E-state index >= 15 is 0 Å². The van der Waals surface area contributed by atoms with Gasteiger partial charge in [-0.1, -0.05) is 12.1 Å². The van der Waals surface area contributed by atoms with Crippen LogP contribution in [0.2, 0.25) is 0 Å². The Kier molecular flexibility index (Phi) is 6.32. The quantitative estimate of drug-likeness (QED) is 0.707. The molecule has 0 amide bonds. The molecule has 0 aliphatic carbocycles. The lowest BCUT2D eigenvalue weighted by molar-refractivity contribution is -0.126. The van der Waals surface area contributed by atoms with Gasteiger partial charge >= 0.3 is 0 Å². The first kappa shape index (κ1) is 11.5. The van der Waals surface area contributed by atoms with E-state index in [2.05, 4.69) is 29.1 Å². The van der Waals surface area contributed by atoms with E-state index in [1.54, 1.807) is 0 Å². The van der Waals surface area contributed by atoms with E-state index in [1.807, 2.05) is 19.2 Å². The van der Waals surface area contributed by atoms with E-state index in [0.717, 1.165) is 0 Å². The molecule has 0 fully saturated rings. The molecule has 72 valence electrons. The van der Waals surface area contributed by atoms with Gasteiger partial charge in [0, 0.05) is 12.7 Å². The zero-order valence-electron chi connectivity index (χ0n) is 8.20. The number of hydrogen-bond acceptors (Lipinski definition) is 3. The number of hydrogen-bond donors (Lipinski definition) is 1. The van der Waals surface area contributed by atoms with Gasteiger partial charge in [0.25, 0.3) is 6.47 Å². The summed E-state index contributed by atoms with van der Waals surface area (Å²) in [5, 5.41) is 3.07. The molecule has 0 aliphatic heterocycles. The third kappa shape index (κ3) is 5.73. The van der Waals surface area contributed by atoms with Crippen molar-refractivity contribution < 1.29 is 9.53 Å². The normalized spacial score (nSPS) is 7.92. The monoisotopic (exact) mass is 181 g/mol. The van der Waals surface area contributed by atoms with Crippen LogP contribution in [0.4, 0.5) is 5.69 Å². The maximum absolute atomic E-state index is 8.95. The second-order valence-corrected chi connectivity index (χ2v) is 2.45. The van der Waals surface area contributed by atoms with Crippen molar-refractivity contribution in [3.8, 4) is 0 Å². The Hall–Kier alpha value is -1.51. The fourth-order valence-corrected chi connectivity index (χ4v) is 0.801. The molecular formula is C10H15NO2. The fraction of sp³-hybridized carbons (Fsp3) is 0.300. The number of methoxy groups -OCH3 is 1. The van der Waals surface area contributed by atoms with Gasteiger partial charge in [0.1, 0.15) is 0 Å². The molecule has 3 nitrogen and oxygen atoms in total. The first-order chi connectivity index (χ1) is 6.24. The second-order valence-electron chi connectivity index (χ2n) is 2.45. The molecule has 0 bridgehead atoms. The zero-order valence-corrected chi connectivity index (χ0v) is 8.20. The average Bonchev–Trinajstić information content (AvgIpc) is 2.18. The van der Waals surface area contributed by atoms with Gasteiger partial charge in [-0.2, -0.15) is 0 Å². The standard InChI is InChI=1S/C8H11N.C2H4O2/c1-7-4-3-5-8(6-7)9-2;1-4-2-3/h3-6,9H,1-2H3;2H,1H3. The Morgan fingerprint density at radius 2 is 2.08 bits per heavy atom. The summed E-state index contributed by atoms with van der Waals surface area (Å²) >= 11 is 0. The predicted octanol–water partition coefficient (Wildman–Crippen LogP) is 1.83. The maximum Gasteiger partial charge on any atom is 0.292 e. The fourth-order valence-electron chi connectivity index (χ4n) is 0.801. The van der Waals surface area contributed by atoms with E-state index in [0.29, 0.717) is 6.47 Å². The van der Waals surface area contributed by atoms with Crippen molar-refractivity contribution >= 4 is 12.2 Å². The summed E-state index contributed by atoms with van der Waals surface area (Å²) in [6.45, 7) is 2.46. The van der Waals surface area contributed by atoms with Crippen molar-refractivity contribution in [3.05, 3.63) is 29.8 Å². The van der Waals surface area contributed by atoms with Crippen molar-refractivity contribution in [1.82, 2.24) is 0 Å². The van der Waals surface area contributed by atoms with E-state index in [1.165, 1.54) is 18.4 Å². The number of carbonyl (C=O) groups excluding carboxylic acids is 1. The summed E-state index contributed by atoms with van der Waals surface area (Å²) in [6, 6.07) is 8.29. The van der Waals surface area contributed by atoms with Crippen molar-refractivity contribution in [1.29, 1.82) is 0 Å². The van der Waals surface area contributed by atoms with Crippen LogP contribution in [0.3, 0.4) is 0 Å². The summed E-state index contributed by atoms with van der Waals surface area (Å²) in [7, 11) is 3.24. The van der Waals surface area contributed by atoms with Crippen LogP contribution >= 0.6 is 0 Å². The Morgan fingerprint density at radius 3 is 2.38 bits per heavy atom. The van der Waals surface area contributed by atoms with Crippen molar-refractivity contribution in [2.45, 2.75) is 6.92 Å². The van der Waals surface area contributed by atoms with Gasteiger partial charge in [0.2, 0.25) is 0 Å². The molecule has 1 N–H and O–H groups in total. The summed E-state index contributed by atoms with van der Waals surface area (Å²) in [5.41, 5.74) is 2.47. The molecule has 0 aliphatic rings. The van der Waals surface area contributed by atoms with Crippen LogP contribution in [-0.4, -0.2) is 20.6 Å². The highest BCUT2D eigenvalue weighted by molar-refractivity contribution is 5.44. The SMILES string of the molecule is CNc1cccc(C)c1.COC=O. The molecule has 1 aromatic carbocycles. The molecule has 0 atom stereocenters. The highest BCUT2D eigenvalue weighted by Gasteiger charge is 1.84. The number of benzene rings is 1. The summed E-state index contributed by atoms with van der Waals surface area (Å²) in [5.74, 6) is 0. The number of ether oxygens (including phenoxy) is 1. The lowest BCUT2D eigenvalue weighted by Gasteiger charge is -1.98. The smallest absolute Gasteiger partial charge is 0.292 e.